The van der Waals surface area contributed by atoms with Gasteiger partial charge in [0.1, 0.15) is 28.6 Å². The molecule has 1 amide bonds. The quantitative estimate of drug-likeness (QED) is 0.315. The number of carbonyl (C=O) groups excluding carboxylic acids is 1. The van der Waals surface area contributed by atoms with Crippen molar-refractivity contribution in [3.63, 3.8) is 0 Å². The number of ether oxygens (including phenoxy) is 1. The van der Waals surface area contributed by atoms with Crippen LogP contribution < -0.4 is 4.74 Å². The summed E-state index contributed by atoms with van der Waals surface area (Å²) >= 11 is 0. The van der Waals surface area contributed by atoms with Gasteiger partial charge in [0.2, 0.25) is 0 Å². The van der Waals surface area contributed by atoms with Crippen molar-refractivity contribution in [1.29, 1.82) is 0 Å². The third kappa shape index (κ3) is 4.05. The normalized spacial score (nSPS) is 15.0. The molecule has 0 bridgehead atoms. The van der Waals surface area contributed by atoms with Gasteiger partial charge < -0.3 is 19.2 Å². The number of carbonyl (C=O) groups is 1. The molecule has 5 rings (SSSR count). The molecule has 1 aliphatic rings. The summed E-state index contributed by atoms with van der Waals surface area (Å²) in [6, 6.07) is 18.1. The maximum Gasteiger partial charge on any atom is 0.273 e. The second kappa shape index (κ2) is 9.47. The molecule has 7 nitrogen and oxygen atoms in total. The van der Waals surface area contributed by atoms with Gasteiger partial charge in [0.25, 0.3) is 5.91 Å². The van der Waals surface area contributed by atoms with Crippen molar-refractivity contribution in [2.24, 2.45) is 0 Å². The second-order valence-corrected chi connectivity index (χ2v) is 8.42. The van der Waals surface area contributed by atoms with E-state index in [1.54, 1.807) is 29.4 Å². The molecule has 2 N–H and O–H groups in total. The van der Waals surface area contributed by atoms with Crippen molar-refractivity contribution in [2.45, 2.75) is 38.8 Å². The Morgan fingerprint density at radius 1 is 1.09 bits per heavy atom. The van der Waals surface area contributed by atoms with Crippen LogP contribution in [0.15, 0.2) is 71.3 Å². The van der Waals surface area contributed by atoms with Crippen LogP contribution >= 0.6 is 0 Å². The molecule has 3 heterocycles. The van der Waals surface area contributed by atoms with Crippen LogP contribution in [0.2, 0.25) is 0 Å². The highest BCUT2D eigenvalue weighted by Crippen LogP contribution is 2.45. The minimum absolute atomic E-state index is 0.114. The van der Waals surface area contributed by atoms with E-state index in [2.05, 4.69) is 17.1 Å². The number of hydrogen-bond donors (Lipinski definition) is 2. The number of hydrogen-bond acceptors (Lipinski definition) is 5. The average molecular weight is 458 g/mol. The molecule has 2 aromatic heterocycles. The number of phenols is 1. The lowest BCUT2D eigenvalue weighted by atomic mass is 9.95. The number of nitrogens with zero attached hydrogens (tertiary/aromatic N) is 2. The molecule has 0 fully saturated rings. The van der Waals surface area contributed by atoms with Crippen LogP contribution in [0.5, 0.6) is 11.5 Å². The molecule has 34 heavy (non-hydrogen) atoms. The summed E-state index contributed by atoms with van der Waals surface area (Å²) in [6.45, 7) is 3.16. The fourth-order valence-electron chi connectivity index (χ4n) is 4.44. The summed E-state index contributed by atoms with van der Waals surface area (Å²) in [4.78, 5) is 15.2. The number of aromatic nitrogens is 2. The van der Waals surface area contributed by atoms with Crippen molar-refractivity contribution in [3.05, 3.63) is 89.5 Å². The molecule has 1 atom stereocenters. The van der Waals surface area contributed by atoms with Gasteiger partial charge in [-0.3, -0.25) is 9.89 Å². The second-order valence-electron chi connectivity index (χ2n) is 8.42. The highest BCUT2D eigenvalue weighted by atomic mass is 16.5. The summed E-state index contributed by atoms with van der Waals surface area (Å²) in [5, 5.41) is 17.8. The van der Waals surface area contributed by atoms with Gasteiger partial charge in [0.05, 0.1) is 25.5 Å². The number of benzene rings is 2. The number of unbranched alkanes of at least 4 members (excludes halogenated alkanes) is 2. The monoisotopic (exact) mass is 457 g/mol. The lowest BCUT2D eigenvalue weighted by molar-refractivity contribution is 0.0717. The van der Waals surface area contributed by atoms with Gasteiger partial charge in [-0.25, -0.2) is 0 Å². The predicted octanol–water partition coefficient (Wildman–Crippen LogP) is 5.69. The number of fused-ring (bicyclic) bond motifs is 1. The Balaban J connectivity index is 1.52. The lowest BCUT2D eigenvalue weighted by Gasteiger charge is -2.25. The smallest absolute Gasteiger partial charge is 0.273 e. The SMILES string of the molecule is CCCCCOc1ccc(C2c3c(-c4ccccc4O)n[nH]c3C(=O)N2Cc2ccco2)cc1. The Morgan fingerprint density at radius 2 is 1.91 bits per heavy atom. The van der Waals surface area contributed by atoms with Crippen LogP contribution in [0.3, 0.4) is 0 Å². The van der Waals surface area contributed by atoms with Gasteiger partial charge in [-0.1, -0.05) is 44.0 Å². The van der Waals surface area contributed by atoms with E-state index in [4.69, 9.17) is 9.15 Å². The van der Waals surface area contributed by atoms with Gasteiger partial charge in [0, 0.05) is 11.1 Å². The molecule has 1 aliphatic heterocycles. The first kappa shape index (κ1) is 21.8. The Morgan fingerprint density at radius 3 is 2.65 bits per heavy atom. The highest BCUT2D eigenvalue weighted by Gasteiger charge is 2.42. The fraction of sp³-hybridized carbons (Fsp3) is 0.259. The van der Waals surface area contributed by atoms with Crippen LogP contribution in [0, 0.1) is 0 Å². The van der Waals surface area contributed by atoms with Crippen LogP contribution in [0.25, 0.3) is 11.3 Å². The topological polar surface area (TPSA) is 91.6 Å². The van der Waals surface area contributed by atoms with E-state index in [1.165, 1.54) is 0 Å². The van der Waals surface area contributed by atoms with Crippen LogP contribution in [-0.4, -0.2) is 32.7 Å². The fourth-order valence-corrected chi connectivity index (χ4v) is 4.44. The van der Waals surface area contributed by atoms with Crippen LogP contribution in [0.4, 0.5) is 0 Å². The number of rotatable bonds is 9. The van der Waals surface area contributed by atoms with Crippen LogP contribution in [-0.2, 0) is 6.54 Å². The number of amides is 1. The molecule has 2 aromatic carbocycles. The first-order valence-corrected chi connectivity index (χ1v) is 11.6. The van der Waals surface area contributed by atoms with Crippen molar-refractivity contribution in [3.8, 4) is 22.8 Å². The molecule has 1 unspecified atom stereocenters. The molecular formula is C27H27N3O4. The molecule has 4 aromatic rings. The number of nitrogens with one attached hydrogen (secondary N) is 1. The molecule has 0 saturated carbocycles. The summed E-state index contributed by atoms with van der Waals surface area (Å²) in [6.07, 6.45) is 4.91. The average Bonchev–Trinajstić information content (AvgIpc) is 3.58. The van der Waals surface area contributed by atoms with E-state index in [0.717, 1.165) is 36.1 Å². The van der Waals surface area contributed by atoms with E-state index < -0.39 is 6.04 Å². The molecule has 7 heteroatoms. The van der Waals surface area contributed by atoms with Crippen molar-refractivity contribution in [2.75, 3.05) is 6.61 Å². The minimum Gasteiger partial charge on any atom is -0.507 e. The van der Waals surface area contributed by atoms with Crippen molar-refractivity contribution in [1.82, 2.24) is 15.1 Å². The Hall–Kier alpha value is -4.00. The predicted molar refractivity (Wildman–Crippen MR) is 128 cm³/mol. The number of para-hydroxylation sites is 1. The number of phenolic OH excluding ortho intramolecular Hbond substituents is 1. The Labute approximate surface area is 198 Å². The number of furan rings is 1. The zero-order valence-corrected chi connectivity index (χ0v) is 19.0. The summed E-state index contributed by atoms with van der Waals surface area (Å²) in [5.41, 5.74) is 3.24. The number of aromatic hydroxyl groups is 1. The Bertz CT molecular complexity index is 1260. The third-order valence-corrected chi connectivity index (χ3v) is 6.14. The maximum atomic E-state index is 13.4. The summed E-state index contributed by atoms with van der Waals surface area (Å²) in [5.74, 6) is 1.44. The third-order valence-electron chi connectivity index (χ3n) is 6.14. The van der Waals surface area contributed by atoms with E-state index in [-0.39, 0.29) is 11.7 Å². The zero-order valence-electron chi connectivity index (χ0n) is 19.0. The number of aromatic amines is 1. The van der Waals surface area contributed by atoms with Gasteiger partial charge in [-0.15, -0.1) is 0 Å². The number of H-pyrrole nitrogens is 1. The maximum absolute atomic E-state index is 13.4. The van der Waals surface area contributed by atoms with Gasteiger partial charge in [-0.2, -0.15) is 5.10 Å². The van der Waals surface area contributed by atoms with E-state index in [9.17, 15) is 9.90 Å². The molecule has 0 spiro atoms. The Kier molecular flexibility index (Phi) is 6.08. The first-order valence-electron chi connectivity index (χ1n) is 11.6. The van der Waals surface area contributed by atoms with E-state index >= 15 is 0 Å². The van der Waals surface area contributed by atoms with E-state index in [0.29, 0.717) is 35.9 Å². The minimum atomic E-state index is -0.393. The zero-order chi connectivity index (χ0) is 23.5. The summed E-state index contributed by atoms with van der Waals surface area (Å²) < 4.78 is 11.4. The van der Waals surface area contributed by atoms with Gasteiger partial charge in [0.15, 0.2) is 0 Å². The molecule has 0 aliphatic carbocycles. The van der Waals surface area contributed by atoms with Crippen LogP contribution in [0.1, 0.15) is 59.6 Å². The van der Waals surface area contributed by atoms with E-state index in [1.807, 2.05) is 42.5 Å². The lowest BCUT2D eigenvalue weighted by Crippen LogP contribution is -2.28. The standard InChI is InChI=1S/C27H27N3O4/c1-2-3-6-15-33-19-13-11-18(12-14-19)26-23-24(21-9-4-5-10-22(21)31)28-29-25(23)27(32)30(26)17-20-8-7-16-34-20/h4-5,7-14,16,26,31H,2-3,6,15,17H2,1H3,(H,28,29). The van der Waals surface area contributed by atoms with Crippen molar-refractivity contribution >= 4 is 5.91 Å². The van der Waals surface area contributed by atoms with Crippen molar-refractivity contribution < 1.29 is 19.1 Å². The molecular weight excluding hydrogens is 430 g/mol. The van der Waals surface area contributed by atoms with Gasteiger partial charge in [-0.05, 0) is 48.4 Å². The molecule has 0 saturated heterocycles. The molecule has 0 radical (unpaired) electrons. The molecule has 174 valence electrons. The highest BCUT2D eigenvalue weighted by molar-refractivity contribution is 6.00. The summed E-state index contributed by atoms with van der Waals surface area (Å²) in [7, 11) is 0. The largest absolute Gasteiger partial charge is 0.507 e. The van der Waals surface area contributed by atoms with Gasteiger partial charge >= 0.3 is 0 Å². The first-order chi connectivity index (χ1) is 16.7.